The van der Waals surface area contributed by atoms with Gasteiger partial charge in [0.05, 0.1) is 16.3 Å². The van der Waals surface area contributed by atoms with Crippen LogP contribution in [0.3, 0.4) is 0 Å². The minimum Gasteiger partial charge on any atom is -0.351 e. The molecule has 0 spiro atoms. The van der Waals surface area contributed by atoms with Crippen molar-refractivity contribution in [1.29, 1.82) is 0 Å². The number of nitrogens with zero attached hydrogens (tertiary/aromatic N) is 4. The third-order valence-corrected chi connectivity index (χ3v) is 7.72. The molecule has 0 unspecified atom stereocenters. The molecule has 0 bridgehead atoms. The summed E-state index contributed by atoms with van der Waals surface area (Å²) in [5.74, 6) is 1.50. The van der Waals surface area contributed by atoms with Gasteiger partial charge in [-0.25, -0.2) is 15.0 Å². The van der Waals surface area contributed by atoms with Crippen LogP contribution in [-0.4, -0.2) is 34.1 Å². The molecule has 3 aromatic rings. The Morgan fingerprint density at radius 3 is 2.65 bits per heavy atom. The van der Waals surface area contributed by atoms with E-state index in [9.17, 15) is 0 Å². The van der Waals surface area contributed by atoms with Gasteiger partial charge < -0.3 is 10.2 Å². The number of nitrogens with one attached hydrogen (secondary N) is 1. The number of hydrogen-bond donors (Lipinski definition) is 1. The number of aromatic nitrogens is 3. The van der Waals surface area contributed by atoms with E-state index in [4.69, 9.17) is 21.6 Å². The molecule has 2 fully saturated rings. The fraction of sp³-hybridized carbons (Fsp3) is 0.458. The zero-order chi connectivity index (χ0) is 21.2. The summed E-state index contributed by atoms with van der Waals surface area (Å²) < 4.78 is 0. The number of benzene rings is 1. The van der Waals surface area contributed by atoms with Crippen molar-refractivity contribution in [2.24, 2.45) is 5.92 Å². The predicted octanol–water partition coefficient (Wildman–Crippen LogP) is 6.51. The van der Waals surface area contributed by atoms with E-state index in [2.05, 4.69) is 28.2 Å². The molecule has 162 valence electrons. The molecule has 31 heavy (non-hydrogen) atoms. The van der Waals surface area contributed by atoms with Gasteiger partial charge in [0.1, 0.15) is 0 Å². The molecule has 2 aromatic heterocycles. The van der Waals surface area contributed by atoms with Crippen LogP contribution >= 0.6 is 22.9 Å². The van der Waals surface area contributed by atoms with E-state index in [1.165, 1.54) is 38.5 Å². The molecule has 1 N–H and O–H groups in total. The summed E-state index contributed by atoms with van der Waals surface area (Å²) >= 11 is 8.04. The monoisotopic (exact) mass is 453 g/mol. The Morgan fingerprint density at radius 2 is 1.87 bits per heavy atom. The van der Waals surface area contributed by atoms with Gasteiger partial charge in [0, 0.05) is 35.9 Å². The topological polar surface area (TPSA) is 53.9 Å². The smallest absolute Gasteiger partial charge is 0.223 e. The third kappa shape index (κ3) is 4.70. The summed E-state index contributed by atoms with van der Waals surface area (Å²) in [5, 5.41) is 5.31. The largest absolute Gasteiger partial charge is 0.351 e. The Labute approximate surface area is 192 Å². The molecule has 1 saturated carbocycles. The van der Waals surface area contributed by atoms with Crippen LogP contribution in [0.25, 0.3) is 21.8 Å². The third-order valence-electron chi connectivity index (χ3n) is 6.34. The van der Waals surface area contributed by atoms with Crippen LogP contribution < -0.4 is 10.2 Å². The second-order valence-corrected chi connectivity index (χ2v) is 10.2. The first-order valence-electron chi connectivity index (χ1n) is 11.3. The van der Waals surface area contributed by atoms with Gasteiger partial charge in [0.15, 0.2) is 5.13 Å². The molecule has 0 radical (unpaired) electrons. The fourth-order valence-electron chi connectivity index (χ4n) is 4.46. The second kappa shape index (κ2) is 9.13. The van der Waals surface area contributed by atoms with Gasteiger partial charge >= 0.3 is 0 Å². The lowest BCUT2D eigenvalue weighted by atomic mass is 10.00. The maximum absolute atomic E-state index is 6.31. The Morgan fingerprint density at radius 1 is 1.06 bits per heavy atom. The minimum atomic E-state index is 0.481. The summed E-state index contributed by atoms with van der Waals surface area (Å²) in [6.07, 6.45) is 9.23. The number of hydrogen-bond acceptors (Lipinski definition) is 6. The maximum atomic E-state index is 6.31. The summed E-state index contributed by atoms with van der Waals surface area (Å²) in [6, 6.07) is 10.4. The average molecular weight is 454 g/mol. The summed E-state index contributed by atoms with van der Waals surface area (Å²) in [5.41, 5.74) is 2.89. The van der Waals surface area contributed by atoms with Gasteiger partial charge in [-0.1, -0.05) is 54.8 Å². The molecule has 0 amide bonds. The van der Waals surface area contributed by atoms with Crippen molar-refractivity contribution in [2.45, 2.75) is 51.5 Å². The summed E-state index contributed by atoms with van der Waals surface area (Å²) in [6.45, 7) is 4.45. The first-order chi connectivity index (χ1) is 15.2. The SMILES string of the molecule is CC1CCN(c2nc(-c3cccc(Cl)c3)c(-c3ccnc(NC4CCCC4)n3)s2)CC1. The van der Waals surface area contributed by atoms with Crippen molar-refractivity contribution in [1.82, 2.24) is 15.0 Å². The fourth-order valence-corrected chi connectivity index (χ4v) is 5.76. The molecule has 1 aliphatic heterocycles. The van der Waals surface area contributed by atoms with Crippen LogP contribution in [0, 0.1) is 5.92 Å². The Hall–Kier alpha value is -2.18. The van der Waals surface area contributed by atoms with Crippen molar-refractivity contribution in [3.8, 4) is 21.8 Å². The zero-order valence-corrected chi connectivity index (χ0v) is 19.4. The molecule has 1 aliphatic carbocycles. The van der Waals surface area contributed by atoms with Crippen molar-refractivity contribution in [2.75, 3.05) is 23.3 Å². The first kappa shape index (κ1) is 20.7. The van der Waals surface area contributed by atoms with E-state index >= 15 is 0 Å². The molecule has 3 heterocycles. The van der Waals surface area contributed by atoms with Crippen LogP contribution in [0.5, 0.6) is 0 Å². The summed E-state index contributed by atoms with van der Waals surface area (Å²) in [7, 11) is 0. The van der Waals surface area contributed by atoms with E-state index < -0.39 is 0 Å². The molecule has 5 rings (SSSR count). The Bertz CT molecular complexity index is 1040. The Kier molecular flexibility index (Phi) is 6.10. The molecule has 2 aliphatic rings. The lowest BCUT2D eigenvalue weighted by molar-refractivity contribution is 0.438. The number of piperidine rings is 1. The highest BCUT2D eigenvalue weighted by atomic mass is 35.5. The van der Waals surface area contributed by atoms with Gasteiger partial charge in [-0.15, -0.1) is 0 Å². The van der Waals surface area contributed by atoms with Gasteiger partial charge in [0.2, 0.25) is 5.95 Å². The number of anilines is 2. The highest BCUT2D eigenvalue weighted by molar-refractivity contribution is 7.19. The normalized spacial score (nSPS) is 17.9. The van der Waals surface area contributed by atoms with Crippen LogP contribution in [0.2, 0.25) is 5.02 Å². The standard InChI is InChI=1S/C24H28ClN5S/c1-16-10-13-30(14-11-16)24-29-21(17-5-4-6-18(25)15-17)22(31-24)20-9-12-26-23(28-20)27-19-7-2-3-8-19/h4-6,9,12,15-16,19H,2-3,7-8,10-11,13-14H2,1H3,(H,26,27,28). The van der Waals surface area contributed by atoms with Gasteiger partial charge in [-0.2, -0.15) is 0 Å². The van der Waals surface area contributed by atoms with E-state index in [1.54, 1.807) is 11.3 Å². The average Bonchev–Trinajstić information content (AvgIpc) is 3.45. The van der Waals surface area contributed by atoms with Crippen molar-refractivity contribution >= 4 is 34.0 Å². The second-order valence-electron chi connectivity index (χ2n) is 8.75. The van der Waals surface area contributed by atoms with Crippen molar-refractivity contribution in [3.05, 3.63) is 41.6 Å². The van der Waals surface area contributed by atoms with Crippen molar-refractivity contribution < 1.29 is 0 Å². The quantitative estimate of drug-likeness (QED) is 0.477. The number of rotatable bonds is 5. The van der Waals surface area contributed by atoms with E-state index in [0.717, 1.165) is 51.0 Å². The molecular formula is C24H28ClN5S. The zero-order valence-electron chi connectivity index (χ0n) is 17.9. The molecule has 1 saturated heterocycles. The lowest BCUT2D eigenvalue weighted by Gasteiger charge is -2.29. The molecule has 5 nitrogen and oxygen atoms in total. The van der Waals surface area contributed by atoms with Crippen LogP contribution in [0.4, 0.5) is 11.1 Å². The molecule has 0 atom stereocenters. The first-order valence-corrected chi connectivity index (χ1v) is 12.5. The highest BCUT2D eigenvalue weighted by Gasteiger charge is 2.23. The maximum Gasteiger partial charge on any atom is 0.223 e. The Balaban J connectivity index is 1.52. The lowest BCUT2D eigenvalue weighted by Crippen LogP contribution is -2.32. The molecule has 7 heteroatoms. The molecular weight excluding hydrogens is 426 g/mol. The number of thiazole rings is 1. The van der Waals surface area contributed by atoms with Crippen LogP contribution in [0.15, 0.2) is 36.5 Å². The predicted molar refractivity (Wildman–Crippen MR) is 130 cm³/mol. The van der Waals surface area contributed by atoms with Crippen molar-refractivity contribution in [3.63, 3.8) is 0 Å². The van der Waals surface area contributed by atoms with Gasteiger partial charge in [0.25, 0.3) is 0 Å². The minimum absolute atomic E-state index is 0.481. The molecule has 1 aromatic carbocycles. The van der Waals surface area contributed by atoms with E-state index in [0.29, 0.717) is 12.0 Å². The number of halogens is 1. The summed E-state index contributed by atoms with van der Waals surface area (Å²) in [4.78, 5) is 17.9. The van der Waals surface area contributed by atoms with E-state index in [-0.39, 0.29) is 0 Å². The van der Waals surface area contributed by atoms with Crippen LogP contribution in [-0.2, 0) is 0 Å². The van der Waals surface area contributed by atoms with E-state index in [1.807, 2.05) is 30.5 Å². The highest BCUT2D eigenvalue weighted by Crippen LogP contribution is 2.41. The van der Waals surface area contributed by atoms with Gasteiger partial charge in [-0.3, -0.25) is 0 Å². The van der Waals surface area contributed by atoms with Crippen LogP contribution in [0.1, 0.15) is 45.4 Å². The van der Waals surface area contributed by atoms with Gasteiger partial charge in [-0.05, 0) is 49.8 Å².